The molecule has 0 saturated carbocycles. The molecule has 2 N–H and O–H groups in total. The maximum Gasteiger partial charge on any atom is 0.216 e. The highest BCUT2D eigenvalue weighted by atomic mass is 35.6. The largest absolute Gasteiger partial charge is 0.389 e. The van der Waals surface area contributed by atoms with Crippen LogP contribution in [0, 0.1) is 0 Å². The molecule has 0 bridgehead atoms. The Morgan fingerprint density at radius 1 is 1.36 bits per heavy atom. The van der Waals surface area contributed by atoms with Crippen molar-refractivity contribution in [3.8, 4) is 0 Å². The van der Waals surface area contributed by atoms with Crippen molar-refractivity contribution in [2.75, 3.05) is 0 Å². The van der Waals surface area contributed by atoms with Gasteiger partial charge in [0.2, 0.25) is 3.79 Å². The first-order valence-corrected chi connectivity index (χ1v) is 5.89. The van der Waals surface area contributed by atoms with Crippen molar-refractivity contribution in [1.82, 2.24) is 0 Å². The van der Waals surface area contributed by atoms with Gasteiger partial charge in [0, 0.05) is 11.3 Å². The summed E-state index contributed by atoms with van der Waals surface area (Å²) in [6.45, 7) is 0. The summed E-state index contributed by atoms with van der Waals surface area (Å²) in [5.74, 6) is 0. The van der Waals surface area contributed by atoms with Gasteiger partial charge in [-0.05, 0) is 11.4 Å². The number of rotatable bonds is 3. The van der Waals surface area contributed by atoms with Gasteiger partial charge < -0.3 is 10.2 Å². The van der Waals surface area contributed by atoms with Crippen molar-refractivity contribution >= 4 is 46.1 Å². The fraction of sp³-hybridized carbons (Fsp3) is 0.500. The number of halogens is 3. The van der Waals surface area contributed by atoms with E-state index in [4.69, 9.17) is 34.8 Å². The molecule has 0 spiro atoms. The standard InChI is InChI=1S/C8H9Cl3O2S/c9-8(10,11)7(13)4-5(12)6-2-1-3-14-6/h1-3,5,7,12-13H,4H2/t5-,7+/m0/s1. The van der Waals surface area contributed by atoms with E-state index in [0.29, 0.717) is 0 Å². The molecule has 14 heavy (non-hydrogen) atoms. The van der Waals surface area contributed by atoms with Gasteiger partial charge in [-0.2, -0.15) is 0 Å². The van der Waals surface area contributed by atoms with E-state index in [-0.39, 0.29) is 6.42 Å². The van der Waals surface area contributed by atoms with Crippen LogP contribution in [0.2, 0.25) is 0 Å². The van der Waals surface area contributed by atoms with E-state index in [1.165, 1.54) is 11.3 Å². The zero-order valence-corrected chi connectivity index (χ0v) is 10.1. The minimum atomic E-state index is -1.75. The van der Waals surface area contributed by atoms with Crippen molar-refractivity contribution < 1.29 is 10.2 Å². The predicted octanol–water partition coefficient (Wildman–Crippen LogP) is 2.90. The van der Waals surface area contributed by atoms with Crippen LogP contribution < -0.4 is 0 Å². The molecule has 0 aromatic carbocycles. The first kappa shape index (κ1) is 12.6. The van der Waals surface area contributed by atoms with Crippen LogP contribution in [0.1, 0.15) is 17.4 Å². The molecule has 1 rings (SSSR count). The SMILES string of the molecule is O[C@H](C[C@H](O)c1cccs1)C(Cl)(Cl)Cl. The minimum absolute atomic E-state index is 0.0109. The molecule has 0 aliphatic rings. The van der Waals surface area contributed by atoms with Gasteiger partial charge in [0.25, 0.3) is 0 Å². The Kier molecular flexibility index (Phi) is 4.50. The summed E-state index contributed by atoms with van der Waals surface area (Å²) in [5.41, 5.74) is 0. The summed E-state index contributed by atoms with van der Waals surface area (Å²) in [5, 5.41) is 20.9. The van der Waals surface area contributed by atoms with Crippen LogP contribution >= 0.6 is 46.1 Å². The molecular formula is C8H9Cl3O2S. The summed E-state index contributed by atoms with van der Waals surface area (Å²) < 4.78 is -1.75. The highest BCUT2D eigenvalue weighted by Gasteiger charge is 2.32. The van der Waals surface area contributed by atoms with Gasteiger partial charge in [-0.25, -0.2) is 0 Å². The quantitative estimate of drug-likeness (QED) is 0.833. The molecule has 1 aromatic heterocycles. The highest BCUT2D eigenvalue weighted by molar-refractivity contribution is 7.10. The smallest absolute Gasteiger partial charge is 0.216 e. The molecule has 2 atom stereocenters. The molecule has 0 aliphatic heterocycles. The van der Waals surface area contributed by atoms with Gasteiger partial charge in [0.1, 0.15) is 6.10 Å². The summed E-state index contributed by atoms with van der Waals surface area (Å²) in [6, 6.07) is 3.57. The van der Waals surface area contributed by atoms with Gasteiger partial charge in [-0.3, -0.25) is 0 Å². The molecule has 1 heterocycles. The van der Waals surface area contributed by atoms with Crippen LogP contribution in [0.25, 0.3) is 0 Å². The van der Waals surface area contributed by atoms with Gasteiger partial charge >= 0.3 is 0 Å². The highest BCUT2D eigenvalue weighted by Crippen LogP contribution is 2.35. The number of hydrogen-bond acceptors (Lipinski definition) is 3. The summed E-state index contributed by atoms with van der Waals surface area (Å²) in [7, 11) is 0. The average molecular weight is 276 g/mol. The Labute approximate surface area is 101 Å². The van der Waals surface area contributed by atoms with Gasteiger partial charge in [0.05, 0.1) is 6.10 Å². The number of alkyl halides is 3. The second-order valence-corrected chi connectivity index (χ2v) is 6.17. The van der Waals surface area contributed by atoms with E-state index >= 15 is 0 Å². The second-order valence-electron chi connectivity index (χ2n) is 2.82. The van der Waals surface area contributed by atoms with E-state index in [1.807, 2.05) is 11.4 Å². The Hall–Kier alpha value is 0.490. The van der Waals surface area contributed by atoms with Gasteiger partial charge in [0.15, 0.2) is 0 Å². The van der Waals surface area contributed by atoms with Gasteiger partial charge in [-0.15, -0.1) is 11.3 Å². The zero-order chi connectivity index (χ0) is 10.8. The van der Waals surface area contributed by atoms with Crippen molar-refractivity contribution in [3.63, 3.8) is 0 Å². The zero-order valence-electron chi connectivity index (χ0n) is 7.03. The van der Waals surface area contributed by atoms with Crippen LogP contribution in [0.3, 0.4) is 0 Å². The van der Waals surface area contributed by atoms with E-state index < -0.39 is 16.0 Å². The molecular weight excluding hydrogens is 267 g/mol. The Balaban J connectivity index is 2.53. The summed E-state index contributed by atoms with van der Waals surface area (Å²) >= 11 is 17.8. The van der Waals surface area contributed by atoms with Crippen molar-refractivity contribution in [2.24, 2.45) is 0 Å². The first-order chi connectivity index (χ1) is 6.41. The summed E-state index contributed by atoms with van der Waals surface area (Å²) in [6.07, 6.45) is -1.96. The molecule has 6 heteroatoms. The number of aliphatic hydroxyl groups is 2. The third-order valence-electron chi connectivity index (χ3n) is 1.70. The third kappa shape index (κ3) is 3.57. The molecule has 0 unspecified atom stereocenters. The Bertz CT molecular complexity index is 271. The Morgan fingerprint density at radius 2 is 2.00 bits per heavy atom. The summed E-state index contributed by atoms with van der Waals surface area (Å²) in [4.78, 5) is 0.748. The first-order valence-electron chi connectivity index (χ1n) is 3.87. The monoisotopic (exact) mass is 274 g/mol. The third-order valence-corrected chi connectivity index (χ3v) is 3.43. The molecule has 0 fully saturated rings. The molecule has 0 saturated heterocycles. The van der Waals surface area contributed by atoms with Crippen LogP contribution in [0.4, 0.5) is 0 Å². The van der Waals surface area contributed by atoms with Crippen molar-refractivity contribution in [1.29, 1.82) is 0 Å². The predicted molar refractivity (Wildman–Crippen MR) is 60.2 cm³/mol. The lowest BCUT2D eigenvalue weighted by Gasteiger charge is -2.20. The molecule has 80 valence electrons. The van der Waals surface area contributed by atoms with E-state index in [0.717, 1.165) is 4.88 Å². The lowest BCUT2D eigenvalue weighted by atomic mass is 10.1. The number of aliphatic hydroxyl groups excluding tert-OH is 2. The Morgan fingerprint density at radius 3 is 2.43 bits per heavy atom. The van der Waals surface area contributed by atoms with Crippen LogP contribution in [-0.2, 0) is 0 Å². The normalized spacial score (nSPS) is 16.6. The van der Waals surface area contributed by atoms with Crippen molar-refractivity contribution in [2.45, 2.75) is 22.4 Å². The fourth-order valence-corrected chi connectivity index (χ4v) is 1.93. The number of thiophene rings is 1. The maximum absolute atomic E-state index is 9.62. The van der Waals surface area contributed by atoms with Crippen LogP contribution in [0.5, 0.6) is 0 Å². The lowest BCUT2D eigenvalue weighted by Crippen LogP contribution is -2.27. The lowest BCUT2D eigenvalue weighted by molar-refractivity contribution is 0.0845. The molecule has 0 radical (unpaired) electrons. The van der Waals surface area contributed by atoms with E-state index in [2.05, 4.69) is 0 Å². The average Bonchev–Trinajstić information content (AvgIpc) is 2.53. The molecule has 0 amide bonds. The van der Waals surface area contributed by atoms with E-state index in [1.54, 1.807) is 6.07 Å². The maximum atomic E-state index is 9.62. The van der Waals surface area contributed by atoms with E-state index in [9.17, 15) is 10.2 Å². The second kappa shape index (κ2) is 5.01. The van der Waals surface area contributed by atoms with Crippen LogP contribution in [-0.4, -0.2) is 20.1 Å². The minimum Gasteiger partial charge on any atom is -0.389 e. The van der Waals surface area contributed by atoms with Crippen molar-refractivity contribution in [3.05, 3.63) is 22.4 Å². The fourth-order valence-electron chi connectivity index (χ4n) is 0.942. The van der Waals surface area contributed by atoms with Gasteiger partial charge in [-0.1, -0.05) is 40.9 Å². The molecule has 0 aliphatic carbocycles. The topological polar surface area (TPSA) is 40.5 Å². The molecule has 1 aromatic rings. The van der Waals surface area contributed by atoms with Crippen LogP contribution in [0.15, 0.2) is 17.5 Å². The molecule has 2 nitrogen and oxygen atoms in total. The number of hydrogen-bond donors (Lipinski definition) is 2.